The summed E-state index contributed by atoms with van der Waals surface area (Å²) in [6.45, 7) is 9.42. The van der Waals surface area contributed by atoms with Crippen molar-refractivity contribution in [2.75, 3.05) is 0 Å². The first-order valence-corrected chi connectivity index (χ1v) is 10.4. The second kappa shape index (κ2) is 8.01. The molecule has 0 aromatic heterocycles. The highest BCUT2D eigenvalue weighted by molar-refractivity contribution is 6.54. The zero-order chi connectivity index (χ0) is 9.40. The zero-order valence-corrected chi connectivity index (χ0v) is 11.8. The van der Waals surface area contributed by atoms with Gasteiger partial charge in [-0.15, -0.1) is 0 Å². The van der Waals surface area contributed by atoms with Gasteiger partial charge in [0.2, 0.25) is 0 Å². The summed E-state index contributed by atoms with van der Waals surface area (Å²) in [5, 5.41) is 0. The van der Waals surface area contributed by atoms with Crippen LogP contribution in [0.25, 0.3) is 0 Å². The van der Waals surface area contributed by atoms with Crippen molar-refractivity contribution in [3.8, 4) is 0 Å². The van der Waals surface area contributed by atoms with Gasteiger partial charge < -0.3 is 4.98 Å². The van der Waals surface area contributed by atoms with E-state index in [2.05, 4.69) is 31.9 Å². The van der Waals surface area contributed by atoms with Crippen LogP contribution < -0.4 is 4.98 Å². The van der Waals surface area contributed by atoms with Gasteiger partial charge in [0, 0.05) is 9.52 Å². The lowest BCUT2D eigenvalue weighted by Crippen LogP contribution is -2.37. The molecule has 0 radical (unpaired) electrons. The first-order chi connectivity index (χ1) is 5.70. The summed E-state index contributed by atoms with van der Waals surface area (Å²) in [4.78, 5) is 3.74. The third-order valence-electron chi connectivity index (χ3n) is 2.42. The minimum Gasteiger partial charge on any atom is -0.337 e. The monoisotopic (exact) mass is 203 g/mol. The van der Waals surface area contributed by atoms with Crippen LogP contribution in [0, 0.1) is 0 Å². The number of hydrogen-bond acceptors (Lipinski definition) is 1. The van der Waals surface area contributed by atoms with Crippen LogP contribution in [0.3, 0.4) is 0 Å². The third kappa shape index (κ3) is 7.07. The Morgan fingerprint density at radius 3 is 2.67 bits per heavy atom. The molecular formula is C9H25NSi2. The second-order valence-electron chi connectivity index (χ2n) is 3.87. The highest BCUT2D eigenvalue weighted by atomic mass is 28.3. The van der Waals surface area contributed by atoms with Crippen molar-refractivity contribution in [2.24, 2.45) is 0 Å². The standard InChI is InChI=1S/C9H25NSi2/c1-5-9(2)10-12(4)8-6-7-11-3/h9-10,12H,5-8,11H2,1-4H3. The highest BCUT2D eigenvalue weighted by Gasteiger charge is 2.05. The molecule has 74 valence electrons. The van der Waals surface area contributed by atoms with Gasteiger partial charge in [0.15, 0.2) is 0 Å². The van der Waals surface area contributed by atoms with Gasteiger partial charge in [-0.2, -0.15) is 0 Å². The molecule has 0 bridgehead atoms. The summed E-state index contributed by atoms with van der Waals surface area (Å²) in [5.41, 5.74) is 0. The maximum absolute atomic E-state index is 3.74. The Kier molecular flexibility index (Phi) is 8.28. The summed E-state index contributed by atoms with van der Waals surface area (Å²) in [7, 11) is -0.204. The Bertz CT molecular complexity index is 98.5. The van der Waals surface area contributed by atoms with Crippen LogP contribution in [0.15, 0.2) is 0 Å². The van der Waals surface area contributed by atoms with Crippen LogP contribution in [-0.4, -0.2) is 24.5 Å². The molecule has 0 aliphatic rings. The summed E-state index contributed by atoms with van der Waals surface area (Å²) in [5.74, 6) is 0. The van der Waals surface area contributed by atoms with E-state index in [-0.39, 0.29) is 0 Å². The molecule has 0 spiro atoms. The fourth-order valence-corrected chi connectivity index (χ4v) is 5.03. The van der Waals surface area contributed by atoms with E-state index in [1.165, 1.54) is 18.9 Å². The number of hydrogen-bond donors (Lipinski definition) is 1. The Labute approximate surface area is 81.8 Å². The molecule has 0 aliphatic heterocycles. The van der Waals surface area contributed by atoms with Crippen molar-refractivity contribution in [2.45, 2.75) is 57.9 Å². The number of nitrogens with one attached hydrogen (secondary N) is 1. The van der Waals surface area contributed by atoms with Crippen molar-refractivity contribution in [3.05, 3.63) is 0 Å². The summed E-state index contributed by atoms with van der Waals surface area (Å²) in [6, 6.07) is 3.82. The van der Waals surface area contributed by atoms with Crippen LogP contribution in [0.1, 0.15) is 26.7 Å². The highest BCUT2D eigenvalue weighted by Crippen LogP contribution is 2.01. The van der Waals surface area contributed by atoms with Crippen molar-refractivity contribution >= 4 is 18.5 Å². The lowest BCUT2D eigenvalue weighted by molar-refractivity contribution is 0.647. The van der Waals surface area contributed by atoms with Crippen LogP contribution in [0.2, 0.25) is 25.2 Å². The Morgan fingerprint density at radius 2 is 2.17 bits per heavy atom. The summed E-state index contributed by atoms with van der Waals surface area (Å²) < 4.78 is 0. The molecule has 2 unspecified atom stereocenters. The van der Waals surface area contributed by atoms with Crippen LogP contribution >= 0.6 is 0 Å². The smallest absolute Gasteiger partial charge is 0.105 e. The van der Waals surface area contributed by atoms with Gasteiger partial charge in [-0.25, -0.2) is 0 Å². The van der Waals surface area contributed by atoms with E-state index in [0.717, 1.165) is 6.04 Å². The van der Waals surface area contributed by atoms with E-state index in [4.69, 9.17) is 0 Å². The van der Waals surface area contributed by atoms with Crippen LogP contribution in [-0.2, 0) is 0 Å². The molecule has 12 heavy (non-hydrogen) atoms. The quantitative estimate of drug-likeness (QED) is 0.491. The lowest BCUT2D eigenvalue weighted by Gasteiger charge is -2.17. The molecule has 0 aromatic carbocycles. The maximum Gasteiger partial charge on any atom is 0.105 e. The first-order valence-electron chi connectivity index (χ1n) is 5.46. The molecule has 1 nitrogen and oxygen atoms in total. The molecule has 0 aliphatic carbocycles. The van der Waals surface area contributed by atoms with E-state index in [1.807, 2.05) is 0 Å². The van der Waals surface area contributed by atoms with E-state index in [0.29, 0.717) is 9.52 Å². The minimum absolute atomic E-state index is 0.333. The fraction of sp³-hybridized carbons (Fsp3) is 1.00. The summed E-state index contributed by atoms with van der Waals surface area (Å²) in [6.07, 6.45) is 2.78. The predicted octanol–water partition coefficient (Wildman–Crippen LogP) is 1.75. The molecule has 0 rings (SSSR count). The molecule has 1 N–H and O–H groups in total. The van der Waals surface area contributed by atoms with Gasteiger partial charge >= 0.3 is 0 Å². The van der Waals surface area contributed by atoms with E-state index < -0.39 is 8.96 Å². The molecular weight excluding hydrogens is 178 g/mol. The molecule has 0 aromatic rings. The van der Waals surface area contributed by atoms with Gasteiger partial charge in [0.25, 0.3) is 0 Å². The Morgan fingerprint density at radius 1 is 1.50 bits per heavy atom. The summed E-state index contributed by atoms with van der Waals surface area (Å²) >= 11 is 0. The van der Waals surface area contributed by atoms with Crippen molar-refractivity contribution in [3.63, 3.8) is 0 Å². The lowest BCUT2D eigenvalue weighted by atomic mass is 10.3. The fourth-order valence-electron chi connectivity index (χ4n) is 1.39. The SMILES string of the molecule is CCC(C)N[SiH](C)CCC[SiH2]C. The average Bonchev–Trinajstić information content (AvgIpc) is 2.05. The molecule has 3 heteroatoms. The van der Waals surface area contributed by atoms with Crippen LogP contribution in [0.4, 0.5) is 0 Å². The minimum atomic E-state index is -0.537. The largest absolute Gasteiger partial charge is 0.337 e. The van der Waals surface area contributed by atoms with Crippen molar-refractivity contribution < 1.29 is 0 Å². The van der Waals surface area contributed by atoms with E-state index >= 15 is 0 Å². The van der Waals surface area contributed by atoms with Crippen LogP contribution in [0.5, 0.6) is 0 Å². The molecule has 0 saturated heterocycles. The molecule has 0 saturated carbocycles. The van der Waals surface area contributed by atoms with Gasteiger partial charge in [-0.1, -0.05) is 39.4 Å². The normalized spacial score (nSPS) is 17.0. The average molecular weight is 203 g/mol. The Balaban J connectivity index is 3.26. The topological polar surface area (TPSA) is 12.0 Å². The van der Waals surface area contributed by atoms with Gasteiger partial charge in [-0.3, -0.25) is 0 Å². The zero-order valence-electron chi connectivity index (χ0n) is 9.19. The molecule has 0 amide bonds. The second-order valence-corrected chi connectivity index (χ2v) is 8.29. The van der Waals surface area contributed by atoms with Crippen molar-refractivity contribution in [1.82, 2.24) is 4.98 Å². The molecule has 0 heterocycles. The maximum atomic E-state index is 3.74. The number of rotatable bonds is 7. The molecule has 0 fully saturated rings. The van der Waals surface area contributed by atoms with E-state index in [9.17, 15) is 0 Å². The van der Waals surface area contributed by atoms with Gasteiger partial charge in [0.05, 0.1) is 0 Å². The van der Waals surface area contributed by atoms with Crippen molar-refractivity contribution in [1.29, 1.82) is 0 Å². The van der Waals surface area contributed by atoms with Gasteiger partial charge in [-0.05, 0) is 18.5 Å². The molecule has 2 atom stereocenters. The Hall–Kier alpha value is 0.394. The first kappa shape index (κ1) is 12.4. The predicted molar refractivity (Wildman–Crippen MR) is 64.5 cm³/mol. The van der Waals surface area contributed by atoms with Gasteiger partial charge in [0.1, 0.15) is 8.96 Å². The van der Waals surface area contributed by atoms with E-state index in [1.54, 1.807) is 6.04 Å². The third-order valence-corrected chi connectivity index (χ3v) is 6.04.